The van der Waals surface area contributed by atoms with Crippen LogP contribution in [-0.4, -0.2) is 25.4 Å². The summed E-state index contributed by atoms with van der Waals surface area (Å²) in [4.78, 5) is 0. The minimum atomic E-state index is -2.91. The number of halogens is 2. The quantitative estimate of drug-likeness (QED) is 0.784. The van der Waals surface area contributed by atoms with Gasteiger partial charge in [0, 0.05) is 6.54 Å². The highest BCUT2D eigenvalue weighted by molar-refractivity contribution is 5.43. The van der Waals surface area contributed by atoms with Crippen LogP contribution in [0.5, 0.6) is 11.5 Å². The van der Waals surface area contributed by atoms with Gasteiger partial charge in [-0.05, 0) is 29.8 Å². The zero-order valence-electron chi connectivity index (χ0n) is 12.0. The van der Waals surface area contributed by atoms with Gasteiger partial charge < -0.3 is 24.3 Å². The van der Waals surface area contributed by atoms with E-state index < -0.39 is 6.61 Å². The van der Waals surface area contributed by atoms with Crippen LogP contribution < -0.4 is 14.8 Å². The summed E-state index contributed by atoms with van der Waals surface area (Å²) in [5.74, 6) is 0.816. The lowest BCUT2D eigenvalue weighted by Gasteiger charge is -2.15. The van der Waals surface area contributed by atoms with Crippen LogP contribution in [0.25, 0.3) is 0 Å². The van der Waals surface area contributed by atoms with E-state index in [2.05, 4.69) is 10.1 Å². The Kier molecular flexibility index (Phi) is 5.74. The summed E-state index contributed by atoms with van der Waals surface area (Å²) in [6.45, 7) is -2.63. The highest BCUT2D eigenvalue weighted by Gasteiger charge is 2.14. The maximum atomic E-state index is 12.3. The molecule has 0 saturated carbocycles. The van der Waals surface area contributed by atoms with Gasteiger partial charge in [-0.25, -0.2) is 0 Å². The first-order valence-corrected chi connectivity index (χ1v) is 6.63. The molecule has 0 spiro atoms. The molecule has 0 aliphatic rings. The van der Waals surface area contributed by atoms with Gasteiger partial charge in [-0.2, -0.15) is 8.78 Å². The third-order valence-corrected chi connectivity index (χ3v) is 3.07. The Morgan fingerprint density at radius 1 is 1.27 bits per heavy atom. The first kappa shape index (κ1) is 16.3. The third-order valence-electron chi connectivity index (χ3n) is 3.07. The molecule has 1 aromatic heterocycles. The Bertz CT molecular complexity index is 575. The monoisotopic (exact) mass is 313 g/mol. The number of alkyl halides is 2. The van der Waals surface area contributed by atoms with Crippen LogP contribution >= 0.6 is 0 Å². The zero-order chi connectivity index (χ0) is 15.9. The summed E-state index contributed by atoms with van der Waals surface area (Å²) >= 11 is 0. The van der Waals surface area contributed by atoms with Gasteiger partial charge in [0.05, 0.1) is 26.0 Å². The summed E-state index contributed by atoms with van der Waals surface area (Å²) in [6, 6.07) is 7.80. The highest BCUT2D eigenvalue weighted by Crippen LogP contribution is 2.29. The van der Waals surface area contributed by atoms with Crippen molar-refractivity contribution in [2.45, 2.75) is 19.2 Å². The number of aliphatic hydroxyl groups excluding tert-OH is 1. The van der Waals surface area contributed by atoms with Crippen molar-refractivity contribution in [2.75, 3.05) is 13.7 Å². The number of hydrogen-bond acceptors (Lipinski definition) is 5. The maximum absolute atomic E-state index is 12.3. The second-order valence-electron chi connectivity index (χ2n) is 4.50. The molecule has 1 atom stereocenters. The number of rotatable bonds is 8. The first-order chi connectivity index (χ1) is 10.6. The molecule has 0 aliphatic carbocycles. The molecule has 22 heavy (non-hydrogen) atoms. The Labute approximate surface area is 126 Å². The molecular formula is C15H17F2NO4. The molecule has 1 heterocycles. The molecule has 0 bridgehead atoms. The second kappa shape index (κ2) is 7.77. The van der Waals surface area contributed by atoms with E-state index in [1.165, 1.54) is 19.4 Å². The average Bonchev–Trinajstić information content (AvgIpc) is 3.03. The number of aliphatic hydroxyl groups is 1. The van der Waals surface area contributed by atoms with Crippen molar-refractivity contribution in [2.24, 2.45) is 0 Å². The summed E-state index contributed by atoms with van der Waals surface area (Å²) in [6.07, 6.45) is 1.53. The Morgan fingerprint density at radius 2 is 2.09 bits per heavy atom. The van der Waals surface area contributed by atoms with Crippen molar-refractivity contribution in [1.29, 1.82) is 0 Å². The number of nitrogens with one attached hydrogen (secondary N) is 1. The van der Waals surface area contributed by atoms with Crippen LogP contribution in [0.15, 0.2) is 41.0 Å². The number of ether oxygens (including phenoxy) is 2. The molecule has 1 aromatic carbocycles. The van der Waals surface area contributed by atoms with Crippen molar-refractivity contribution >= 4 is 0 Å². The smallest absolute Gasteiger partial charge is 0.387 e. The van der Waals surface area contributed by atoms with E-state index in [1.54, 1.807) is 24.3 Å². The van der Waals surface area contributed by atoms with Crippen molar-refractivity contribution in [1.82, 2.24) is 5.32 Å². The molecule has 0 fully saturated rings. The first-order valence-electron chi connectivity index (χ1n) is 6.63. The predicted octanol–water partition coefficient (Wildman–Crippen LogP) is 2.71. The van der Waals surface area contributed by atoms with Gasteiger partial charge in [0.1, 0.15) is 5.76 Å². The molecule has 2 aromatic rings. The van der Waals surface area contributed by atoms with Gasteiger partial charge in [-0.3, -0.25) is 0 Å². The average molecular weight is 313 g/mol. The molecule has 0 amide bonds. The maximum Gasteiger partial charge on any atom is 0.387 e. The van der Waals surface area contributed by atoms with Gasteiger partial charge in [0.15, 0.2) is 11.5 Å². The standard InChI is InChI=1S/C15H17F2NO4/c1-20-14-7-10(4-5-13(14)22-15(16)17)8-18-11(9-19)12-3-2-6-21-12/h2-7,11,15,18-19H,8-9H2,1H3. The van der Waals surface area contributed by atoms with Gasteiger partial charge >= 0.3 is 6.61 Å². The van der Waals surface area contributed by atoms with E-state index in [0.717, 1.165) is 5.56 Å². The van der Waals surface area contributed by atoms with E-state index in [-0.39, 0.29) is 24.1 Å². The number of furan rings is 1. The van der Waals surface area contributed by atoms with Crippen molar-refractivity contribution in [3.63, 3.8) is 0 Å². The minimum absolute atomic E-state index is 0.0222. The largest absolute Gasteiger partial charge is 0.493 e. The molecule has 5 nitrogen and oxygen atoms in total. The molecule has 0 saturated heterocycles. The molecule has 0 radical (unpaired) electrons. The van der Waals surface area contributed by atoms with E-state index in [9.17, 15) is 13.9 Å². The Morgan fingerprint density at radius 3 is 2.68 bits per heavy atom. The van der Waals surface area contributed by atoms with Crippen LogP contribution in [0.3, 0.4) is 0 Å². The van der Waals surface area contributed by atoms with E-state index >= 15 is 0 Å². The lowest BCUT2D eigenvalue weighted by atomic mass is 10.1. The number of benzene rings is 1. The number of hydrogen-bond donors (Lipinski definition) is 2. The molecule has 2 N–H and O–H groups in total. The molecule has 0 aliphatic heterocycles. The topological polar surface area (TPSA) is 63.9 Å². The number of methoxy groups -OCH3 is 1. The summed E-state index contributed by atoms with van der Waals surface area (Å²) in [5.41, 5.74) is 0.795. The molecule has 2 rings (SSSR count). The zero-order valence-corrected chi connectivity index (χ0v) is 12.0. The van der Waals surface area contributed by atoms with Crippen LogP contribution in [0.4, 0.5) is 8.78 Å². The normalized spacial score (nSPS) is 12.4. The van der Waals surface area contributed by atoms with Gasteiger partial charge in [-0.15, -0.1) is 0 Å². The van der Waals surface area contributed by atoms with E-state index in [4.69, 9.17) is 9.15 Å². The van der Waals surface area contributed by atoms with E-state index in [0.29, 0.717) is 12.3 Å². The fourth-order valence-corrected chi connectivity index (χ4v) is 2.00. The van der Waals surface area contributed by atoms with Gasteiger partial charge in [0.25, 0.3) is 0 Å². The van der Waals surface area contributed by atoms with Gasteiger partial charge in [0.2, 0.25) is 0 Å². The summed E-state index contributed by atoms with van der Waals surface area (Å²) in [7, 11) is 1.38. The molecule has 1 unspecified atom stereocenters. The van der Waals surface area contributed by atoms with Crippen molar-refractivity contribution < 1.29 is 27.8 Å². The highest BCUT2D eigenvalue weighted by atomic mass is 19.3. The SMILES string of the molecule is COc1cc(CNC(CO)c2ccco2)ccc1OC(F)F. The molecule has 120 valence electrons. The van der Waals surface area contributed by atoms with Crippen LogP contribution in [-0.2, 0) is 6.54 Å². The predicted molar refractivity (Wildman–Crippen MR) is 75.0 cm³/mol. The third kappa shape index (κ3) is 4.19. The second-order valence-corrected chi connectivity index (χ2v) is 4.50. The summed E-state index contributed by atoms with van der Waals surface area (Å²) in [5, 5.41) is 12.5. The lowest BCUT2D eigenvalue weighted by Crippen LogP contribution is -2.23. The lowest BCUT2D eigenvalue weighted by molar-refractivity contribution is -0.0512. The van der Waals surface area contributed by atoms with Crippen LogP contribution in [0, 0.1) is 0 Å². The van der Waals surface area contributed by atoms with Crippen molar-refractivity contribution in [3.8, 4) is 11.5 Å². The fraction of sp³-hybridized carbons (Fsp3) is 0.333. The Balaban J connectivity index is 2.03. The van der Waals surface area contributed by atoms with Crippen LogP contribution in [0.1, 0.15) is 17.4 Å². The van der Waals surface area contributed by atoms with E-state index in [1.807, 2.05) is 0 Å². The minimum Gasteiger partial charge on any atom is -0.493 e. The molecular weight excluding hydrogens is 296 g/mol. The fourth-order valence-electron chi connectivity index (χ4n) is 2.00. The molecule has 7 heteroatoms. The van der Waals surface area contributed by atoms with Gasteiger partial charge in [-0.1, -0.05) is 6.07 Å². The Hall–Kier alpha value is -2.12. The van der Waals surface area contributed by atoms with Crippen LogP contribution in [0.2, 0.25) is 0 Å². The summed E-state index contributed by atoms with van der Waals surface area (Å²) < 4.78 is 39.2. The van der Waals surface area contributed by atoms with Crippen molar-refractivity contribution in [3.05, 3.63) is 47.9 Å².